The summed E-state index contributed by atoms with van der Waals surface area (Å²) in [4.78, 5) is 10.6. The van der Waals surface area contributed by atoms with Crippen molar-refractivity contribution in [3.63, 3.8) is 0 Å². The minimum atomic E-state index is -3.83. The lowest BCUT2D eigenvalue weighted by molar-refractivity contribution is 0.112. The number of halogens is 2. The number of hydrogen-bond acceptors (Lipinski definition) is 4. The quantitative estimate of drug-likeness (QED) is 0.744. The van der Waals surface area contributed by atoms with Crippen molar-refractivity contribution in [3.8, 4) is 5.75 Å². The number of hydrogen-bond donors (Lipinski definition) is 0. The van der Waals surface area contributed by atoms with E-state index < -0.39 is 10.3 Å². The Labute approximate surface area is 116 Å². The maximum Gasteiger partial charge on any atom is 0.384 e. The van der Waals surface area contributed by atoms with Crippen LogP contribution in [0.5, 0.6) is 5.75 Å². The van der Waals surface area contributed by atoms with E-state index in [2.05, 4.69) is 31.9 Å². The van der Waals surface area contributed by atoms with Crippen LogP contribution in [0.3, 0.4) is 0 Å². The van der Waals surface area contributed by atoms with Crippen molar-refractivity contribution in [3.05, 3.63) is 26.6 Å². The fourth-order valence-electron chi connectivity index (χ4n) is 0.907. The Bertz CT molecular complexity index is 519. The Hall–Kier alpha value is -0.440. The molecule has 1 aromatic carbocycles. The SMILES string of the molecule is CN(C)S(=O)(=O)Oc1c(Br)cc(C=O)cc1Br. The molecule has 94 valence electrons. The number of carbonyl (C=O) groups is 1. The predicted octanol–water partition coefficient (Wildman–Crippen LogP) is 2.21. The zero-order valence-electron chi connectivity index (χ0n) is 8.98. The maximum absolute atomic E-state index is 11.6. The molecule has 0 unspecified atom stereocenters. The highest BCUT2D eigenvalue weighted by Gasteiger charge is 2.20. The van der Waals surface area contributed by atoms with Crippen LogP contribution in [-0.4, -0.2) is 33.1 Å². The van der Waals surface area contributed by atoms with Gasteiger partial charge in [0, 0.05) is 19.7 Å². The summed E-state index contributed by atoms with van der Waals surface area (Å²) in [5, 5.41) is 0. The molecule has 0 amide bonds. The molecule has 0 saturated carbocycles. The van der Waals surface area contributed by atoms with Crippen molar-refractivity contribution in [2.75, 3.05) is 14.1 Å². The molecule has 0 bridgehead atoms. The van der Waals surface area contributed by atoms with Crippen molar-refractivity contribution < 1.29 is 17.4 Å². The highest BCUT2D eigenvalue weighted by atomic mass is 79.9. The molecule has 0 fully saturated rings. The van der Waals surface area contributed by atoms with E-state index in [0.29, 0.717) is 20.8 Å². The first-order chi connectivity index (χ1) is 7.77. The van der Waals surface area contributed by atoms with Crippen LogP contribution in [0.2, 0.25) is 0 Å². The lowest BCUT2D eigenvalue weighted by atomic mass is 10.2. The van der Waals surface area contributed by atoms with Gasteiger partial charge in [-0.15, -0.1) is 0 Å². The lowest BCUT2D eigenvalue weighted by Crippen LogP contribution is -2.27. The van der Waals surface area contributed by atoms with Crippen molar-refractivity contribution in [2.24, 2.45) is 0 Å². The smallest absolute Gasteiger partial charge is 0.368 e. The molecule has 0 N–H and O–H groups in total. The second-order valence-electron chi connectivity index (χ2n) is 3.25. The topological polar surface area (TPSA) is 63.7 Å². The van der Waals surface area contributed by atoms with Crippen LogP contribution in [0, 0.1) is 0 Å². The molecule has 0 saturated heterocycles. The maximum atomic E-state index is 11.6. The van der Waals surface area contributed by atoms with Gasteiger partial charge >= 0.3 is 10.3 Å². The number of benzene rings is 1. The molecule has 0 aliphatic carbocycles. The van der Waals surface area contributed by atoms with Crippen molar-refractivity contribution in [2.45, 2.75) is 0 Å². The molecular weight excluding hydrogens is 378 g/mol. The highest BCUT2D eigenvalue weighted by Crippen LogP contribution is 2.35. The fraction of sp³-hybridized carbons (Fsp3) is 0.222. The summed E-state index contributed by atoms with van der Waals surface area (Å²) >= 11 is 6.29. The molecule has 0 radical (unpaired) electrons. The van der Waals surface area contributed by atoms with Gasteiger partial charge in [0.15, 0.2) is 5.75 Å². The molecule has 0 aromatic heterocycles. The predicted molar refractivity (Wildman–Crippen MR) is 70.5 cm³/mol. The monoisotopic (exact) mass is 385 g/mol. The minimum absolute atomic E-state index is 0.101. The summed E-state index contributed by atoms with van der Waals surface area (Å²) in [6.07, 6.45) is 0.653. The van der Waals surface area contributed by atoms with Crippen LogP contribution in [0.4, 0.5) is 0 Å². The van der Waals surface area contributed by atoms with E-state index in [-0.39, 0.29) is 5.75 Å². The number of nitrogens with zero attached hydrogens (tertiary/aromatic N) is 1. The zero-order chi connectivity index (χ0) is 13.2. The van der Waals surface area contributed by atoms with E-state index in [1.54, 1.807) is 0 Å². The summed E-state index contributed by atoms with van der Waals surface area (Å²) in [6, 6.07) is 2.94. The summed E-state index contributed by atoms with van der Waals surface area (Å²) in [7, 11) is -1.11. The van der Waals surface area contributed by atoms with E-state index in [1.807, 2.05) is 0 Å². The molecule has 17 heavy (non-hydrogen) atoms. The molecule has 0 aliphatic rings. The van der Waals surface area contributed by atoms with Gasteiger partial charge in [-0.1, -0.05) is 0 Å². The fourth-order valence-corrected chi connectivity index (χ4v) is 3.04. The summed E-state index contributed by atoms with van der Waals surface area (Å²) < 4.78 is 29.7. The molecule has 0 atom stereocenters. The summed E-state index contributed by atoms with van der Waals surface area (Å²) in [6.45, 7) is 0. The van der Waals surface area contributed by atoms with Gasteiger partial charge in [-0.25, -0.2) is 0 Å². The van der Waals surface area contributed by atoms with Gasteiger partial charge in [-0.05, 0) is 44.0 Å². The minimum Gasteiger partial charge on any atom is -0.368 e. The van der Waals surface area contributed by atoms with Gasteiger partial charge in [0.25, 0.3) is 0 Å². The van der Waals surface area contributed by atoms with E-state index in [1.165, 1.54) is 26.2 Å². The molecule has 0 aliphatic heterocycles. The third-order valence-electron chi connectivity index (χ3n) is 1.79. The van der Waals surface area contributed by atoms with Gasteiger partial charge in [0.2, 0.25) is 0 Å². The highest BCUT2D eigenvalue weighted by molar-refractivity contribution is 9.11. The third-order valence-corrected chi connectivity index (χ3v) is 4.24. The number of carbonyl (C=O) groups excluding carboxylic acids is 1. The Morgan fingerprint density at radius 2 is 1.71 bits per heavy atom. The first kappa shape index (κ1) is 14.6. The van der Waals surface area contributed by atoms with Gasteiger partial charge in [-0.2, -0.15) is 12.7 Å². The molecule has 0 spiro atoms. The number of aldehydes is 1. The van der Waals surface area contributed by atoms with Crippen LogP contribution in [-0.2, 0) is 10.3 Å². The molecule has 5 nitrogen and oxygen atoms in total. The van der Waals surface area contributed by atoms with Gasteiger partial charge in [-0.3, -0.25) is 4.79 Å². The number of rotatable bonds is 4. The van der Waals surface area contributed by atoms with Gasteiger partial charge < -0.3 is 4.18 Å². The summed E-state index contributed by atoms with van der Waals surface area (Å²) in [5.74, 6) is 0.101. The lowest BCUT2D eigenvalue weighted by Gasteiger charge is -2.14. The zero-order valence-corrected chi connectivity index (χ0v) is 13.0. The van der Waals surface area contributed by atoms with Crippen molar-refractivity contribution in [1.82, 2.24) is 4.31 Å². The van der Waals surface area contributed by atoms with E-state index in [9.17, 15) is 13.2 Å². The van der Waals surface area contributed by atoms with Crippen LogP contribution >= 0.6 is 31.9 Å². The molecule has 1 rings (SSSR count). The molecule has 1 aromatic rings. The molecule has 8 heteroatoms. The molecule has 0 heterocycles. The van der Waals surface area contributed by atoms with Gasteiger partial charge in [0.05, 0.1) is 8.95 Å². The first-order valence-corrected chi connectivity index (χ1v) is 7.29. The molecular formula is C9H9Br2NO4S. The largest absolute Gasteiger partial charge is 0.384 e. The van der Waals surface area contributed by atoms with Crippen LogP contribution in [0.1, 0.15) is 10.4 Å². The Balaban J connectivity index is 3.21. The average molecular weight is 387 g/mol. The normalized spacial score (nSPS) is 11.6. The average Bonchev–Trinajstić information content (AvgIpc) is 2.22. The van der Waals surface area contributed by atoms with Crippen molar-refractivity contribution in [1.29, 1.82) is 0 Å². The second kappa shape index (κ2) is 5.47. The van der Waals surface area contributed by atoms with Crippen molar-refractivity contribution >= 4 is 48.5 Å². The Kier molecular flexibility index (Phi) is 4.70. The van der Waals surface area contributed by atoms with Crippen LogP contribution in [0.25, 0.3) is 0 Å². The third kappa shape index (κ3) is 3.51. The Morgan fingerprint density at radius 3 is 2.06 bits per heavy atom. The standard InChI is InChI=1S/C9H9Br2NO4S/c1-12(2)17(14,15)16-9-7(10)3-6(5-13)4-8(9)11/h3-5H,1-2H3. The van der Waals surface area contributed by atoms with Crippen LogP contribution < -0.4 is 4.18 Å². The first-order valence-electron chi connectivity index (χ1n) is 4.34. The van der Waals surface area contributed by atoms with Gasteiger partial charge in [0.1, 0.15) is 6.29 Å². The van der Waals surface area contributed by atoms with E-state index >= 15 is 0 Å². The summed E-state index contributed by atoms with van der Waals surface area (Å²) in [5.41, 5.74) is 0.401. The second-order valence-corrected chi connectivity index (χ2v) is 6.72. The Morgan fingerprint density at radius 1 is 1.24 bits per heavy atom. The van der Waals surface area contributed by atoms with E-state index in [4.69, 9.17) is 4.18 Å². The van der Waals surface area contributed by atoms with E-state index in [0.717, 1.165) is 4.31 Å². The van der Waals surface area contributed by atoms with Crippen LogP contribution in [0.15, 0.2) is 21.1 Å².